The number of carbonyl (C=O) groups is 3. The van der Waals surface area contributed by atoms with E-state index in [9.17, 15) is 18.8 Å². The van der Waals surface area contributed by atoms with Gasteiger partial charge in [0.05, 0.1) is 12.5 Å². The summed E-state index contributed by atoms with van der Waals surface area (Å²) in [6.45, 7) is 4.79. The maximum absolute atomic E-state index is 13.1. The lowest BCUT2D eigenvalue weighted by Crippen LogP contribution is -2.55. The minimum atomic E-state index is -0.552. The summed E-state index contributed by atoms with van der Waals surface area (Å²) in [5, 5.41) is 0. The van der Waals surface area contributed by atoms with E-state index >= 15 is 0 Å². The SMILES string of the molecule is CCOC(=O)C1CCCN(C(=O)C(=O)N2CCN(c3ccc(F)cc3)CC2)C1. The minimum absolute atomic E-state index is 0.235. The van der Waals surface area contributed by atoms with E-state index in [1.54, 1.807) is 24.0 Å². The Kier molecular flexibility index (Phi) is 6.49. The third-order valence-electron chi connectivity index (χ3n) is 5.27. The molecule has 2 amide bonds. The quantitative estimate of drug-likeness (QED) is 0.573. The van der Waals surface area contributed by atoms with Crippen molar-refractivity contribution < 1.29 is 23.5 Å². The van der Waals surface area contributed by atoms with Crippen LogP contribution in [0.4, 0.5) is 10.1 Å². The molecular weight excluding hydrogens is 365 g/mol. The molecule has 0 saturated carbocycles. The molecule has 2 heterocycles. The molecule has 1 aromatic rings. The van der Waals surface area contributed by atoms with E-state index in [0.29, 0.717) is 52.2 Å². The number of piperazine rings is 1. The van der Waals surface area contributed by atoms with Crippen LogP contribution in [0.25, 0.3) is 0 Å². The Hall–Kier alpha value is -2.64. The second kappa shape index (κ2) is 9.03. The van der Waals surface area contributed by atoms with Gasteiger partial charge in [-0.25, -0.2) is 4.39 Å². The summed E-state index contributed by atoms with van der Waals surface area (Å²) in [4.78, 5) is 42.3. The van der Waals surface area contributed by atoms with Crippen LogP contribution in [0.2, 0.25) is 0 Å². The van der Waals surface area contributed by atoms with Gasteiger partial charge in [-0.3, -0.25) is 14.4 Å². The van der Waals surface area contributed by atoms with Crippen LogP contribution in [0.15, 0.2) is 24.3 Å². The highest BCUT2D eigenvalue weighted by Gasteiger charge is 2.34. The highest BCUT2D eigenvalue weighted by atomic mass is 19.1. The van der Waals surface area contributed by atoms with Crippen LogP contribution in [0.5, 0.6) is 0 Å². The van der Waals surface area contributed by atoms with Crippen LogP contribution in [0, 0.1) is 11.7 Å². The summed E-state index contributed by atoms with van der Waals surface area (Å²) in [6, 6.07) is 6.24. The Labute approximate surface area is 164 Å². The predicted molar refractivity (Wildman–Crippen MR) is 101 cm³/mol. The van der Waals surface area contributed by atoms with Gasteiger partial charge in [0, 0.05) is 45.0 Å². The van der Waals surface area contributed by atoms with Crippen LogP contribution in [-0.4, -0.2) is 73.5 Å². The van der Waals surface area contributed by atoms with Gasteiger partial charge < -0.3 is 19.4 Å². The van der Waals surface area contributed by atoms with Crippen molar-refractivity contribution in [1.82, 2.24) is 9.80 Å². The smallest absolute Gasteiger partial charge is 0.312 e. The topological polar surface area (TPSA) is 70.2 Å². The van der Waals surface area contributed by atoms with Crippen LogP contribution in [0.1, 0.15) is 19.8 Å². The van der Waals surface area contributed by atoms with E-state index in [0.717, 1.165) is 5.69 Å². The van der Waals surface area contributed by atoms with Crippen LogP contribution in [-0.2, 0) is 19.1 Å². The first kappa shape index (κ1) is 20.1. The minimum Gasteiger partial charge on any atom is -0.466 e. The summed E-state index contributed by atoms with van der Waals surface area (Å²) < 4.78 is 18.1. The highest BCUT2D eigenvalue weighted by molar-refractivity contribution is 6.35. The third-order valence-corrected chi connectivity index (χ3v) is 5.27. The second-order valence-corrected chi connectivity index (χ2v) is 7.10. The van der Waals surface area contributed by atoms with E-state index in [1.807, 2.05) is 0 Å². The number of rotatable bonds is 3. The molecule has 0 N–H and O–H groups in total. The standard InChI is InChI=1S/C20H26FN3O4/c1-2-28-20(27)15-4-3-9-24(14-15)19(26)18(25)23-12-10-22(11-13-23)17-7-5-16(21)6-8-17/h5-8,15H,2-4,9-14H2,1H3. The lowest BCUT2D eigenvalue weighted by atomic mass is 9.98. The molecule has 2 aliphatic rings. The van der Waals surface area contributed by atoms with Crippen molar-refractivity contribution in [2.45, 2.75) is 19.8 Å². The number of anilines is 1. The molecule has 3 rings (SSSR count). The molecule has 0 radical (unpaired) electrons. The van der Waals surface area contributed by atoms with Crippen LogP contribution < -0.4 is 4.90 Å². The zero-order valence-corrected chi connectivity index (χ0v) is 16.1. The van der Waals surface area contributed by atoms with Crippen molar-refractivity contribution in [1.29, 1.82) is 0 Å². The number of piperidine rings is 1. The zero-order valence-electron chi connectivity index (χ0n) is 16.1. The molecule has 7 nitrogen and oxygen atoms in total. The normalized spacial score (nSPS) is 20.1. The van der Waals surface area contributed by atoms with Crippen molar-refractivity contribution in [2.24, 2.45) is 5.92 Å². The van der Waals surface area contributed by atoms with Gasteiger partial charge in [-0.15, -0.1) is 0 Å². The number of esters is 1. The summed E-state index contributed by atoms with van der Waals surface area (Å²) in [7, 11) is 0. The van der Waals surface area contributed by atoms with Crippen LogP contribution in [0.3, 0.4) is 0 Å². The molecule has 2 fully saturated rings. The molecule has 0 bridgehead atoms. The number of ether oxygens (including phenoxy) is 1. The molecular formula is C20H26FN3O4. The number of hydrogen-bond acceptors (Lipinski definition) is 5. The lowest BCUT2D eigenvalue weighted by Gasteiger charge is -2.37. The van der Waals surface area contributed by atoms with Crippen molar-refractivity contribution in [2.75, 3.05) is 50.8 Å². The fraction of sp³-hybridized carbons (Fsp3) is 0.550. The number of amides is 2. The Morgan fingerprint density at radius 3 is 2.29 bits per heavy atom. The first-order valence-electron chi connectivity index (χ1n) is 9.75. The first-order valence-corrected chi connectivity index (χ1v) is 9.75. The summed E-state index contributed by atoms with van der Waals surface area (Å²) in [5.74, 6) is -2.03. The third kappa shape index (κ3) is 4.61. The fourth-order valence-electron chi connectivity index (χ4n) is 3.70. The Morgan fingerprint density at radius 1 is 1.00 bits per heavy atom. The average molecular weight is 391 g/mol. The largest absolute Gasteiger partial charge is 0.466 e. The number of nitrogens with zero attached hydrogens (tertiary/aromatic N) is 3. The number of halogens is 1. The van der Waals surface area contributed by atoms with E-state index in [4.69, 9.17) is 4.74 Å². The van der Waals surface area contributed by atoms with Crippen molar-refractivity contribution in [3.8, 4) is 0 Å². The maximum Gasteiger partial charge on any atom is 0.312 e. The van der Waals surface area contributed by atoms with Gasteiger partial charge >= 0.3 is 17.8 Å². The molecule has 0 spiro atoms. The number of hydrogen-bond donors (Lipinski definition) is 0. The van der Waals surface area contributed by atoms with Crippen molar-refractivity contribution >= 4 is 23.5 Å². The fourth-order valence-corrected chi connectivity index (χ4v) is 3.70. The number of carbonyl (C=O) groups excluding carboxylic acids is 3. The predicted octanol–water partition coefficient (Wildman–Crippen LogP) is 1.28. The molecule has 2 saturated heterocycles. The Bertz CT molecular complexity index is 717. The Morgan fingerprint density at radius 2 is 1.64 bits per heavy atom. The highest BCUT2D eigenvalue weighted by Crippen LogP contribution is 2.20. The van der Waals surface area contributed by atoms with Gasteiger partial charge in [0.15, 0.2) is 0 Å². The molecule has 152 valence electrons. The summed E-state index contributed by atoms with van der Waals surface area (Å²) in [6.07, 6.45) is 1.36. The van der Waals surface area contributed by atoms with E-state index in [2.05, 4.69) is 4.90 Å². The van der Waals surface area contributed by atoms with E-state index in [1.165, 1.54) is 17.0 Å². The number of likely N-dealkylation sites (tertiary alicyclic amines) is 1. The molecule has 2 aliphatic heterocycles. The Balaban J connectivity index is 1.53. The van der Waals surface area contributed by atoms with Crippen molar-refractivity contribution in [3.63, 3.8) is 0 Å². The van der Waals surface area contributed by atoms with E-state index in [-0.39, 0.29) is 24.2 Å². The summed E-state index contributed by atoms with van der Waals surface area (Å²) in [5.41, 5.74) is 0.896. The zero-order chi connectivity index (χ0) is 20.1. The molecule has 1 atom stereocenters. The molecule has 1 aromatic carbocycles. The molecule has 8 heteroatoms. The lowest BCUT2D eigenvalue weighted by molar-refractivity contribution is -0.156. The second-order valence-electron chi connectivity index (χ2n) is 7.10. The maximum atomic E-state index is 13.1. The monoisotopic (exact) mass is 391 g/mol. The molecule has 0 aromatic heterocycles. The molecule has 1 unspecified atom stereocenters. The molecule has 28 heavy (non-hydrogen) atoms. The molecule has 0 aliphatic carbocycles. The van der Waals surface area contributed by atoms with Gasteiger partial charge in [0.1, 0.15) is 5.82 Å². The van der Waals surface area contributed by atoms with Gasteiger partial charge in [0.25, 0.3) is 0 Å². The van der Waals surface area contributed by atoms with Crippen molar-refractivity contribution in [3.05, 3.63) is 30.1 Å². The van der Waals surface area contributed by atoms with Gasteiger partial charge in [-0.2, -0.15) is 0 Å². The summed E-state index contributed by atoms with van der Waals surface area (Å²) >= 11 is 0. The first-order chi connectivity index (χ1) is 13.5. The van der Waals surface area contributed by atoms with Gasteiger partial charge in [-0.05, 0) is 44.0 Å². The van der Waals surface area contributed by atoms with E-state index < -0.39 is 11.8 Å². The number of benzene rings is 1. The van der Waals surface area contributed by atoms with Crippen LogP contribution >= 0.6 is 0 Å². The average Bonchev–Trinajstić information content (AvgIpc) is 2.73. The van der Waals surface area contributed by atoms with Gasteiger partial charge in [-0.1, -0.05) is 0 Å². The van der Waals surface area contributed by atoms with Gasteiger partial charge in [0.2, 0.25) is 0 Å².